The Balaban J connectivity index is 4.93. The highest BCUT2D eigenvalue weighted by Crippen LogP contribution is 2.16. The maximum absolute atomic E-state index is 11.4. The minimum atomic E-state index is -1.87. The van der Waals surface area contributed by atoms with E-state index in [9.17, 15) is 14.7 Å². The van der Waals surface area contributed by atoms with E-state index in [1.165, 1.54) is 0 Å². The largest absolute Gasteiger partial charge is 0.481 e. The molecule has 0 fully saturated rings. The summed E-state index contributed by atoms with van der Waals surface area (Å²) in [5.74, 6) is -1.86. The molecule has 0 aliphatic heterocycles. The Labute approximate surface area is 89.2 Å². The Morgan fingerprint density at radius 1 is 1.40 bits per heavy atom. The lowest BCUT2D eigenvalue weighted by molar-refractivity contribution is -0.875. The normalized spacial score (nSPS) is 15.5. The van der Waals surface area contributed by atoms with E-state index in [4.69, 9.17) is 5.11 Å². The summed E-state index contributed by atoms with van der Waals surface area (Å²) in [4.78, 5) is 22.0. The number of likely N-dealkylation sites (N-methyl/N-ethyl adjacent to an activating group) is 1. The van der Waals surface area contributed by atoms with Crippen LogP contribution in [0.25, 0.3) is 0 Å². The van der Waals surface area contributed by atoms with Crippen LogP contribution in [0, 0.1) is 0 Å². The molecule has 0 heterocycles. The molecule has 0 spiro atoms. The Bertz CT molecular complexity index is 280. The topological polar surface area (TPSA) is 74.6 Å². The summed E-state index contributed by atoms with van der Waals surface area (Å²) in [6, 6.07) is 0. The monoisotopic (exact) mass is 216 g/mol. The Kier molecular flexibility index (Phi) is 4.18. The van der Waals surface area contributed by atoms with Gasteiger partial charge in [0.2, 0.25) is 0 Å². The number of quaternary nitrogens is 1. The summed E-state index contributed by atoms with van der Waals surface area (Å²) in [7, 11) is 5.30. The Morgan fingerprint density at radius 3 is 2.13 bits per heavy atom. The molecular formula is C10H18NO4+. The minimum absolute atomic E-state index is 0.0319. The average molecular weight is 216 g/mol. The first-order valence-electron chi connectivity index (χ1n) is 4.52. The van der Waals surface area contributed by atoms with Crippen molar-refractivity contribution in [1.29, 1.82) is 0 Å². The number of carbonyl (C=O) groups excluding carboxylic acids is 1. The van der Waals surface area contributed by atoms with Crippen LogP contribution in [0.4, 0.5) is 0 Å². The third kappa shape index (κ3) is 4.71. The Morgan fingerprint density at radius 2 is 1.87 bits per heavy atom. The summed E-state index contributed by atoms with van der Waals surface area (Å²) < 4.78 is 0.295. The smallest absolute Gasteiger partial charge is 0.307 e. The maximum Gasteiger partial charge on any atom is 0.307 e. The van der Waals surface area contributed by atoms with Crippen LogP contribution >= 0.6 is 0 Å². The molecule has 5 nitrogen and oxygen atoms in total. The molecule has 0 aromatic carbocycles. The van der Waals surface area contributed by atoms with Crippen LogP contribution in [-0.2, 0) is 9.59 Å². The van der Waals surface area contributed by atoms with Gasteiger partial charge in [0.25, 0.3) is 0 Å². The molecule has 2 N–H and O–H groups in total. The van der Waals surface area contributed by atoms with Crippen molar-refractivity contribution in [2.75, 3.05) is 27.7 Å². The number of nitrogens with zero attached hydrogens (tertiary/aromatic N) is 1. The van der Waals surface area contributed by atoms with Crippen LogP contribution in [0.5, 0.6) is 0 Å². The van der Waals surface area contributed by atoms with Crippen LogP contribution in [-0.4, -0.2) is 59.7 Å². The van der Waals surface area contributed by atoms with Gasteiger partial charge in [-0.1, -0.05) is 6.58 Å². The van der Waals surface area contributed by atoms with Gasteiger partial charge in [0.05, 0.1) is 27.6 Å². The van der Waals surface area contributed by atoms with Crippen molar-refractivity contribution in [1.82, 2.24) is 0 Å². The van der Waals surface area contributed by atoms with Crippen LogP contribution in [0.2, 0.25) is 0 Å². The molecule has 15 heavy (non-hydrogen) atoms. The molecule has 5 heteroatoms. The number of ketones is 1. The van der Waals surface area contributed by atoms with E-state index in [1.807, 2.05) is 0 Å². The maximum atomic E-state index is 11.4. The quantitative estimate of drug-likeness (QED) is 0.470. The molecule has 0 aliphatic rings. The van der Waals surface area contributed by atoms with Crippen molar-refractivity contribution in [3.8, 4) is 0 Å². The number of carbonyl (C=O) groups is 2. The van der Waals surface area contributed by atoms with E-state index in [-0.39, 0.29) is 6.54 Å². The number of aliphatic hydroxyl groups is 1. The van der Waals surface area contributed by atoms with Crippen molar-refractivity contribution in [2.45, 2.75) is 12.0 Å². The van der Waals surface area contributed by atoms with Gasteiger partial charge in [-0.3, -0.25) is 9.59 Å². The zero-order chi connectivity index (χ0) is 12.3. The van der Waals surface area contributed by atoms with Gasteiger partial charge in [-0.2, -0.15) is 0 Å². The first-order valence-corrected chi connectivity index (χ1v) is 4.52. The molecule has 0 aliphatic carbocycles. The molecule has 0 rings (SSSR count). The predicted molar refractivity (Wildman–Crippen MR) is 55.3 cm³/mol. The first-order chi connectivity index (χ1) is 6.60. The molecular weight excluding hydrogens is 198 g/mol. The van der Waals surface area contributed by atoms with Crippen LogP contribution < -0.4 is 0 Å². The number of carboxylic acid groups (broad SMARTS) is 1. The second-order valence-electron chi connectivity index (χ2n) is 4.62. The van der Waals surface area contributed by atoms with Crippen LogP contribution in [0.1, 0.15) is 6.42 Å². The molecule has 86 valence electrons. The fourth-order valence-electron chi connectivity index (χ4n) is 1.45. The van der Waals surface area contributed by atoms with Crippen molar-refractivity contribution in [2.24, 2.45) is 0 Å². The number of hydrogen-bond donors (Lipinski definition) is 2. The summed E-state index contributed by atoms with van der Waals surface area (Å²) >= 11 is 0. The van der Waals surface area contributed by atoms with Gasteiger partial charge in [-0.15, -0.1) is 0 Å². The number of carboxylic acids is 1. The summed E-state index contributed by atoms with van der Waals surface area (Å²) in [5.41, 5.74) is -1.87. The number of aliphatic carboxylic acids is 1. The number of rotatable bonds is 6. The molecule has 1 atom stereocenters. The highest BCUT2D eigenvalue weighted by atomic mass is 16.4. The second kappa shape index (κ2) is 4.55. The first kappa shape index (κ1) is 13.8. The lowest BCUT2D eigenvalue weighted by Crippen LogP contribution is -2.54. The zero-order valence-electron chi connectivity index (χ0n) is 9.36. The summed E-state index contributed by atoms with van der Waals surface area (Å²) in [6.07, 6.45) is 0.353. The molecule has 0 radical (unpaired) electrons. The SMILES string of the molecule is C=CC(=O)C(O)(CC(=O)O)C[N+](C)(C)C. The molecule has 0 aromatic heterocycles. The van der Waals surface area contributed by atoms with E-state index >= 15 is 0 Å². The zero-order valence-corrected chi connectivity index (χ0v) is 9.36. The van der Waals surface area contributed by atoms with E-state index in [0.29, 0.717) is 4.48 Å². The standard InChI is InChI=1S/C10H17NO4/c1-5-8(12)10(15,6-9(13)14)7-11(2,3)4/h5,15H,1,6-7H2,2-4H3/p+1. The third-order valence-corrected chi connectivity index (χ3v) is 1.82. The molecule has 0 bridgehead atoms. The average Bonchev–Trinajstić information content (AvgIpc) is 1.97. The second-order valence-corrected chi connectivity index (χ2v) is 4.62. The van der Waals surface area contributed by atoms with E-state index in [0.717, 1.165) is 6.08 Å². The lowest BCUT2D eigenvalue weighted by Gasteiger charge is -2.32. The molecule has 0 aromatic rings. The van der Waals surface area contributed by atoms with E-state index in [2.05, 4.69) is 6.58 Å². The van der Waals surface area contributed by atoms with Crippen LogP contribution in [0.3, 0.4) is 0 Å². The van der Waals surface area contributed by atoms with Crippen molar-refractivity contribution >= 4 is 11.8 Å². The van der Waals surface area contributed by atoms with Crippen molar-refractivity contribution < 1.29 is 24.3 Å². The third-order valence-electron chi connectivity index (χ3n) is 1.82. The van der Waals surface area contributed by atoms with Gasteiger partial charge in [-0.05, 0) is 6.08 Å². The van der Waals surface area contributed by atoms with E-state index in [1.54, 1.807) is 21.1 Å². The van der Waals surface area contributed by atoms with Gasteiger partial charge < -0.3 is 14.7 Å². The number of hydrogen-bond acceptors (Lipinski definition) is 3. The predicted octanol–water partition coefficient (Wildman–Crippen LogP) is -0.346. The summed E-state index contributed by atoms with van der Waals surface area (Å²) in [6.45, 7) is 3.29. The van der Waals surface area contributed by atoms with Gasteiger partial charge in [0, 0.05) is 0 Å². The van der Waals surface area contributed by atoms with Gasteiger partial charge >= 0.3 is 5.97 Å². The van der Waals surface area contributed by atoms with Gasteiger partial charge in [0.15, 0.2) is 11.4 Å². The van der Waals surface area contributed by atoms with E-state index < -0.39 is 23.8 Å². The summed E-state index contributed by atoms with van der Waals surface area (Å²) in [5, 5.41) is 18.6. The van der Waals surface area contributed by atoms with Crippen molar-refractivity contribution in [3.63, 3.8) is 0 Å². The fraction of sp³-hybridized carbons (Fsp3) is 0.600. The molecule has 0 saturated carbocycles. The highest BCUT2D eigenvalue weighted by molar-refractivity contribution is 5.98. The fourth-order valence-corrected chi connectivity index (χ4v) is 1.45. The van der Waals surface area contributed by atoms with Gasteiger partial charge in [-0.25, -0.2) is 0 Å². The lowest BCUT2D eigenvalue weighted by atomic mass is 9.93. The molecule has 0 amide bonds. The molecule has 1 unspecified atom stereocenters. The minimum Gasteiger partial charge on any atom is -0.481 e. The molecule has 0 saturated heterocycles. The van der Waals surface area contributed by atoms with Crippen molar-refractivity contribution in [3.05, 3.63) is 12.7 Å². The highest BCUT2D eigenvalue weighted by Gasteiger charge is 2.41. The Hall–Kier alpha value is -1.20. The van der Waals surface area contributed by atoms with Gasteiger partial charge in [0.1, 0.15) is 6.54 Å². The van der Waals surface area contributed by atoms with Crippen LogP contribution in [0.15, 0.2) is 12.7 Å².